The van der Waals surface area contributed by atoms with Crippen molar-refractivity contribution in [3.05, 3.63) is 22.7 Å². The summed E-state index contributed by atoms with van der Waals surface area (Å²) in [6, 6.07) is 1.48. The minimum atomic E-state index is -0.778. The summed E-state index contributed by atoms with van der Waals surface area (Å²) in [6.45, 7) is -0.283. The van der Waals surface area contributed by atoms with Crippen LogP contribution in [0.25, 0.3) is 0 Å². The van der Waals surface area contributed by atoms with Crippen molar-refractivity contribution < 1.29 is 25.9 Å². The van der Waals surface area contributed by atoms with Crippen LogP contribution in [0.5, 0.6) is 0 Å². The van der Waals surface area contributed by atoms with Gasteiger partial charge < -0.3 is 31.6 Å². The molecule has 18 heavy (non-hydrogen) atoms. The number of nitrogen functional groups attached to an aromatic ring is 1. The van der Waals surface area contributed by atoms with E-state index in [4.69, 9.17) is 15.6 Å². The lowest BCUT2D eigenvalue weighted by Crippen LogP contribution is -2.27. The zero-order valence-electron chi connectivity index (χ0n) is 9.48. The Hall–Kier alpha value is -1.52. The molecule has 9 heteroatoms. The van der Waals surface area contributed by atoms with Gasteiger partial charge in [-0.25, -0.2) is 4.79 Å². The van der Waals surface area contributed by atoms with Crippen molar-refractivity contribution in [1.82, 2.24) is 9.55 Å². The molecule has 0 radical (unpaired) electrons. The van der Waals surface area contributed by atoms with E-state index in [1.165, 1.54) is 16.8 Å². The maximum Gasteiger partial charge on any atom is 0.351 e. The van der Waals surface area contributed by atoms with Gasteiger partial charge in [0.05, 0.1) is 12.7 Å². The number of hydrogen-bond acceptors (Lipinski definition) is 6. The fourth-order valence-electron chi connectivity index (χ4n) is 1.70. The van der Waals surface area contributed by atoms with Gasteiger partial charge in [0.1, 0.15) is 18.1 Å². The van der Waals surface area contributed by atoms with Crippen molar-refractivity contribution >= 4 is 5.82 Å². The van der Waals surface area contributed by atoms with Gasteiger partial charge in [-0.1, -0.05) is 0 Å². The normalized spacial score (nSPS) is 26.2. The summed E-state index contributed by atoms with van der Waals surface area (Å²) in [5.74, 6) is 0.138. The monoisotopic (exact) mass is 263 g/mol. The van der Waals surface area contributed by atoms with Crippen LogP contribution in [0.4, 0.5) is 5.82 Å². The van der Waals surface area contributed by atoms with Crippen LogP contribution in [0, 0.1) is 0 Å². The van der Waals surface area contributed by atoms with E-state index >= 15 is 0 Å². The van der Waals surface area contributed by atoms with E-state index in [2.05, 4.69) is 4.98 Å². The minimum Gasteiger partial charge on any atom is -0.412 e. The fraction of sp³-hybridized carbons (Fsp3) is 0.556. The zero-order chi connectivity index (χ0) is 11.7. The maximum atomic E-state index is 11.5. The lowest BCUT2D eigenvalue weighted by Gasteiger charge is -2.13. The van der Waals surface area contributed by atoms with Crippen LogP contribution in [0.1, 0.15) is 12.6 Å². The van der Waals surface area contributed by atoms with Crippen molar-refractivity contribution in [2.75, 3.05) is 12.3 Å². The molecule has 1 aliphatic rings. The van der Waals surface area contributed by atoms with Gasteiger partial charge in [-0.05, 0) is 6.07 Å². The van der Waals surface area contributed by atoms with E-state index < -0.39 is 24.1 Å². The third-order valence-electron chi connectivity index (χ3n) is 2.55. The molecule has 0 aliphatic carbocycles. The van der Waals surface area contributed by atoms with Crippen LogP contribution < -0.4 is 11.4 Å². The molecule has 9 nitrogen and oxygen atoms in total. The molecule has 0 bridgehead atoms. The van der Waals surface area contributed by atoms with Gasteiger partial charge in [-0.3, -0.25) is 4.57 Å². The first-order valence-corrected chi connectivity index (χ1v) is 4.91. The highest BCUT2D eigenvalue weighted by atomic mass is 16.5. The number of hydrogen-bond donors (Lipinski definition) is 3. The van der Waals surface area contributed by atoms with Crippen molar-refractivity contribution in [2.45, 2.75) is 24.9 Å². The Bertz CT molecular complexity index is 437. The van der Waals surface area contributed by atoms with E-state index in [9.17, 15) is 9.90 Å². The molecule has 0 spiro atoms. The Morgan fingerprint density at radius 1 is 1.56 bits per heavy atom. The van der Waals surface area contributed by atoms with Crippen LogP contribution >= 0.6 is 0 Å². The third kappa shape index (κ3) is 3.03. The van der Waals surface area contributed by atoms with Gasteiger partial charge in [-0.2, -0.15) is 4.98 Å². The van der Waals surface area contributed by atoms with Crippen molar-refractivity contribution in [2.24, 2.45) is 0 Å². The molecule has 1 aliphatic heterocycles. The van der Waals surface area contributed by atoms with Gasteiger partial charge >= 0.3 is 5.69 Å². The first-order chi connectivity index (χ1) is 7.61. The molecule has 0 saturated carbocycles. The molecule has 104 valence electrons. The number of ether oxygens (including phenoxy) is 1. The molecule has 1 fully saturated rings. The summed E-state index contributed by atoms with van der Waals surface area (Å²) in [5.41, 5.74) is 4.82. The lowest BCUT2D eigenvalue weighted by molar-refractivity contribution is -0.0458. The highest BCUT2D eigenvalue weighted by molar-refractivity contribution is 5.23. The minimum absolute atomic E-state index is 0. The van der Waals surface area contributed by atoms with Gasteiger partial charge in [0.2, 0.25) is 0 Å². The van der Waals surface area contributed by atoms with Crippen LogP contribution in [0.3, 0.4) is 0 Å². The summed E-state index contributed by atoms with van der Waals surface area (Å²) in [6.07, 6.45) is -0.333. The van der Waals surface area contributed by atoms with Crippen LogP contribution in [-0.4, -0.2) is 49.5 Å². The van der Waals surface area contributed by atoms with Gasteiger partial charge in [0.25, 0.3) is 0 Å². The first kappa shape index (κ1) is 16.5. The van der Waals surface area contributed by atoms with E-state index in [0.717, 1.165) is 0 Å². The zero-order valence-corrected chi connectivity index (χ0v) is 9.48. The Morgan fingerprint density at radius 2 is 2.22 bits per heavy atom. The topological polar surface area (TPSA) is 174 Å². The second-order valence-corrected chi connectivity index (χ2v) is 3.66. The molecule has 0 amide bonds. The summed E-state index contributed by atoms with van der Waals surface area (Å²) in [7, 11) is 0. The Morgan fingerprint density at radius 3 is 2.72 bits per heavy atom. The molecule has 1 aromatic heterocycles. The highest BCUT2D eigenvalue weighted by Gasteiger charge is 2.34. The predicted molar refractivity (Wildman–Crippen MR) is 61.8 cm³/mol. The highest BCUT2D eigenvalue weighted by Crippen LogP contribution is 2.27. The second-order valence-electron chi connectivity index (χ2n) is 3.66. The molecule has 2 rings (SSSR count). The molecule has 3 atom stereocenters. The van der Waals surface area contributed by atoms with Crippen LogP contribution in [-0.2, 0) is 4.74 Å². The molecular weight excluding hydrogens is 246 g/mol. The summed E-state index contributed by atoms with van der Waals surface area (Å²) in [4.78, 5) is 15.0. The summed E-state index contributed by atoms with van der Waals surface area (Å²) >= 11 is 0. The average Bonchev–Trinajstić information content (AvgIpc) is 2.59. The number of aliphatic hydroxyl groups excluding tert-OH is 2. The SMILES string of the molecule is Nc1ccn(C2CC(O)C(CO)O2)c(=O)n1.O.O. The number of aliphatic hydroxyl groups is 2. The number of nitrogens with two attached hydrogens (primary N) is 1. The van der Waals surface area contributed by atoms with E-state index in [0.29, 0.717) is 0 Å². The van der Waals surface area contributed by atoms with Gasteiger partial charge in [-0.15, -0.1) is 0 Å². The summed E-state index contributed by atoms with van der Waals surface area (Å²) in [5, 5.41) is 18.4. The number of anilines is 1. The fourth-order valence-corrected chi connectivity index (χ4v) is 1.70. The third-order valence-corrected chi connectivity index (χ3v) is 2.55. The quantitative estimate of drug-likeness (QED) is 0.506. The second kappa shape index (κ2) is 6.42. The molecule has 3 unspecified atom stereocenters. The Labute approximate surface area is 102 Å². The lowest BCUT2D eigenvalue weighted by atomic mass is 10.2. The van der Waals surface area contributed by atoms with E-state index in [1.54, 1.807) is 0 Å². The van der Waals surface area contributed by atoms with Gasteiger partial charge in [0.15, 0.2) is 0 Å². The molecule has 0 aromatic carbocycles. The van der Waals surface area contributed by atoms with Crippen molar-refractivity contribution in [3.8, 4) is 0 Å². The van der Waals surface area contributed by atoms with Gasteiger partial charge in [0, 0.05) is 12.6 Å². The van der Waals surface area contributed by atoms with Crippen molar-refractivity contribution in [3.63, 3.8) is 0 Å². The standard InChI is InChI=1S/C9H13N3O4.2H2O/c10-7-1-2-12(9(15)11-7)8-3-5(14)6(4-13)16-8;;/h1-2,5-6,8,13-14H,3-4H2,(H2,10,11,15);2*1H2. The molecule has 8 N–H and O–H groups in total. The van der Waals surface area contributed by atoms with E-state index in [1.807, 2.05) is 0 Å². The maximum absolute atomic E-state index is 11.5. The average molecular weight is 263 g/mol. The van der Waals surface area contributed by atoms with Crippen LogP contribution in [0.2, 0.25) is 0 Å². The predicted octanol–water partition coefficient (Wildman–Crippen LogP) is -3.18. The number of rotatable bonds is 2. The Balaban J connectivity index is 0.00000144. The molecule has 1 aromatic rings. The molecular formula is C9H17N3O6. The van der Waals surface area contributed by atoms with E-state index in [-0.39, 0.29) is 29.8 Å². The number of aromatic nitrogens is 2. The first-order valence-electron chi connectivity index (χ1n) is 4.91. The molecule has 1 saturated heterocycles. The smallest absolute Gasteiger partial charge is 0.351 e. The molecule has 2 heterocycles. The van der Waals surface area contributed by atoms with Crippen LogP contribution in [0.15, 0.2) is 17.1 Å². The largest absolute Gasteiger partial charge is 0.412 e. The number of nitrogens with zero attached hydrogens (tertiary/aromatic N) is 2. The Kier molecular flexibility index (Phi) is 5.88. The van der Waals surface area contributed by atoms with Crippen molar-refractivity contribution in [1.29, 1.82) is 0 Å². The summed E-state index contributed by atoms with van der Waals surface area (Å²) < 4.78 is 6.56.